The van der Waals surface area contributed by atoms with Gasteiger partial charge in [0.25, 0.3) is 0 Å². The monoisotopic (exact) mass is 463 g/mol. The van der Waals surface area contributed by atoms with E-state index in [2.05, 4.69) is 11.8 Å². The summed E-state index contributed by atoms with van der Waals surface area (Å²) in [4.78, 5) is 28.1. The Morgan fingerprint density at radius 2 is 1.74 bits per heavy atom. The van der Waals surface area contributed by atoms with Crippen molar-refractivity contribution in [2.75, 3.05) is 33.4 Å². The summed E-state index contributed by atoms with van der Waals surface area (Å²) >= 11 is 0. The van der Waals surface area contributed by atoms with Crippen molar-refractivity contribution in [2.24, 2.45) is 0 Å². The first-order valence-electron chi connectivity index (χ1n) is 12.2. The molecule has 0 aliphatic carbocycles. The Kier molecular flexibility index (Phi) is 8.01. The Bertz CT molecular complexity index is 1130. The molecule has 0 atom stereocenters. The van der Waals surface area contributed by atoms with Gasteiger partial charge in [-0.2, -0.15) is 0 Å². The average molecular weight is 464 g/mol. The van der Waals surface area contributed by atoms with Crippen LogP contribution in [0.5, 0.6) is 5.75 Å². The van der Waals surface area contributed by atoms with Crippen LogP contribution in [0.2, 0.25) is 0 Å². The van der Waals surface area contributed by atoms with E-state index in [4.69, 9.17) is 13.9 Å². The van der Waals surface area contributed by atoms with Gasteiger partial charge in [0, 0.05) is 23.9 Å². The smallest absolute Gasteiger partial charge is 0.337 e. The molecule has 1 aromatic heterocycles. The number of ketones is 1. The molecule has 1 aliphatic heterocycles. The van der Waals surface area contributed by atoms with E-state index in [9.17, 15) is 9.59 Å². The minimum absolute atomic E-state index is 0.118. The number of benzene rings is 2. The summed E-state index contributed by atoms with van der Waals surface area (Å²) in [6, 6.07) is 12.4. The van der Waals surface area contributed by atoms with Crippen molar-refractivity contribution >= 4 is 22.7 Å². The maximum atomic E-state index is 13.6. The number of likely N-dealkylation sites (tertiary alicyclic amines) is 1. The maximum Gasteiger partial charge on any atom is 0.337 e. The minimum Gasteiger partial charge on any atom is -0.494 e. The molecule has 0 saturated carbocycles. The number of esters is 1. The van der Waals surface area contributed by atoms with E-state index in [0.717, 1.165) is 31.6 Å². The van der Waals surface area contributed by atoms with Crippen LogP contribution < -0.4 is 4.74 Å². The number of carbonyl (C=O) groups is 2. The van der Waals surface area contributed by atoms with E-state index in [-0.39, 0.29) is 5.78 Å². The lowest BCUT2D eigenvalue weighted by molar-refractivity contribution is 0.0600. The number of furan rings is 1. The number of nitrogens with zero attached hydrogens (tertiary/aromatic N) is 1. The first-order chi connectivity index (χ1) is 16.6. The van der Waals surface area contributed by atoms with Gasteiger partial charge in [-0.25, -0.2) is 4.79 Å². The van der Waals surface area contributed by atoms with Gasteiger partial charge in [-0.1, -0.05) is 13.3 Å². The summed E-state index contributed by atoms with van der Waals surface area (Å²) in [5, 5.41) is 0.640. The molecule has 1 aliphatic rings. The highest BCUT2D eigenvalue weighted by molar-refractivity contribution is 6.17. The van der Waals surface area contributed by atoms with E-state index in [0.29, 0.717) is 46.4 Å². The molecule has 6 heteroatoms. The first-order valence-corrected chi connectivity index (χ1v) is 12.2. The molecule has 180 valence electrons. The third-order valence-electron chi connectivity index (χ3n) is 6.37. The molecule has 0 N–H and O–H groups in total. The first kappa shape index (κ1) is 24.0. The summed E-state index contributed by atoms with van der Waals surface area (Å²) < 4.78 is 16.8. The summed E-state index contributed by atoms with van der Waals surface area (Å²) in [5.74, 6) is 0.857. The Balaban J connectivity index is 1.51. The highest BCUT2D eigenvalue weighted by Crippen LogP contribution is 2.31. The quantitative estimate of drug-likeness (QED) is 0.208. The van der Waals surface area contributed by atoms with Crippen LogP contribution in [0.25, 0.3) is 11.0 Å². The molecule has 0 bridgehead atoms. The van der Waals surface area contributed by atoms with Gasteiger partial charge in [-0.05, 0) is 81.2 Å². The van der Waals surface area contributed by atoms with Crippen LogP contribution in [0.1, 0.15) is 71.1 Å². The van der Waals surface area contributed by atoms with E-state index >= 15 is 0 Å². The summed E-state index contributed by atoms with van der Waals surface area (Å²) in [5.41, 5.74) is 2.08. The Morgan fingerprint density at radius 3 is 2.44 bits per heavy atom. The van der Waals surface area contributed by atoms with Gasteiger partial charge in [0.1, 0.15) is 17.1 Å². The van der Waals surface area contributed by atoms with Crippen molar-refractivity contribution < 1.29 is 23.5 Å². The number of hydrogen-bond donors (Lipinski definition) is 0. The van der Waals surface area contributed by atoms with Gasteiger partial charge >= 0.3 is 5.97 Å². The van der Waals surface area contributed by atoms with Gasteiger partial charge < -0.3 is 18.8 Å². The third kappa shape index (κ3) is 5.50. The van der Waals surface area contributed by atoms with Crippen LogP contribution >= 0.6 is 0 Å². The number of rotatable bonds is 11. The van der Waals surface area contributed by atoms with Crippen LogP contribution in [0.4, 0.5) is 0 Å². The molecular weight excluding hydrogens is 430 g/mol. The van der Waals surface area contributed by atoms with Gasteiger partial charge in [-0.3, -0.25) is 4.79 Å². The number of aryl methyl sites for hydroxylation is 1. The number of ether oxygens (including phenoxy) is 2. The zero-order valence-corrected chi connectivity index (χ0v) is 20.1. The van der Waals surface area contributed by atoms with E-state index < -0.39 is 5.97 Å². The second-order valence-electron chi connectivity index (χ2n) is 8.81. The maximum absolute atomic E-state index is 13.6. The van der Waals surface area contributed by atoms with Crippen molar-refractivity contribution in [3.8, 4) is 5.75 Å². The lowest BCUT2D eigenvalue weighted by atomic mass is 9.97. The highest BCUT2D eigenvalue weighted by Gasteiger charge is 2.23. The lowest BCUT2D eigenvalue weighted by Gasteiger charge is -2.14. The zero-order chi connectivity index (χ0) is 23.9. The zero-order valence-electron chi connectivity index (χ0n) is 20.1. The lowest BCUT2D eigenvalue weighted by Crippen LogP contribution is -2.21. The topological polar surface area (TPSA) is 69.0 Å². The summed E-state index contributed by atoms with van der Waals surface area (Å²) in [6.07, 6.45) is 6.15. The number of hydrogen-bond acceptors (Lipinski definition) is 6. The Hall–Kier alpha value is -3.12. The van der Waals surface area contributed by atoms with Gasteiger partial charge in [0.05, 0.1) is 24.8 Å². The highest BCUT2D eigenvalue weighted by atomic mass is 16.5. The van der Waals surface area contributed by atoms with Crippen LogP contribution in [-0.4, -0.2) is 50.0 Å². The molecule has 2 aromatic carbocycles. The second kappa shape index (κ2) is 11.3. The fraction of sp³-hybridized carbons (Fsp3) is 0.429. The normalized spacial score (nSPS) is 13.9. The second-order valence-corrected chi connectivity index (χ2v) is 8.81. The largest absolute Gasteiger partial charge is 0.494 e. The van der Waals surface area contributed by atoms with Crippen molar-refractivity contribution in [3.05, 3.63) is 64.9 Å². The molecule has 1 saturated heterocycles. The molecule has 1 fully saturated rings. The van der Waals surface area contributed by atoms with Crippen LogP contribution in [0.15, 0.2) is 46.9 Å². The summed E-state index contributed by atoms with van der Waals surface area (Å²) in [6.45, 7) is 6.22. The number of fused-ring (bicyclic) bond motifs is 1. The van der Waals surface area contributed by atoms with Crippen LogP contribution in [0.3, 0.4) is 0 Å². The molecule has 34 heavy (non-hydrogen) atoms. The minimum atomic E-state index is -0.442. The fourth-order valence-electron chi connectivity index (χ4n) is 4.49. The van der Waals surface area contributed by atoms with Crippen LogP contribution in [0, 0.1) is 0 Å². The Morgan fingerprint density at radius 1 is 1.00 bits per heavy atom. The molecule has 4 rings (SSSR count). The van der Waals surface area contributed by atoms with Gasteiger partial charge in [0.2, 0.25) is 0 Å². The van der Waals surface area contributed by atoms with Crippen LogP contribution in [-0.2, 0) is 11.2 Å². The molecule has 0 amide bonds. The van der Waals surface area contributed by atoms with E-state index in [1.54, 1.807) is 30.3 Å². The molecule has 0 unspecified atom stereocenters. The van der Waals surface area contributed by atoms with Crippen molar-refractivity contribution in [1.29, 1.82) is 0 Å². The number of carbonyl (C=O) groups excluding carboxylic acids is 2. The third-order valence-corrected chi connectivity index (χ3v) is 6.37. The molecular formula is C28H33NO5. The average Bonchev–Trinajstić information content (AvgIpc) is 3.52. The predicted molar refractivity (Wildman–Crippen MR) is 132 cm³/mol. The van der Waals surface area contributed by atoms with Gasteiger partial charge in [0.15, 0.2) is 5.78 Å². The Labute approximate surface area is 200 Å². The van der Waals surface area contributed by atoms with Crippen molar-refractivity contribution in [3.63, 3.8) is 0 Å². The fourth-order valence-corrected chi connectivity index (χ4v) is 4.49. The molecule has 2 heterocycles. The molecule has 0 spiro atoms. The van der Waals surface area contributed by atoms with Gasteiger partial charge in [-0.15, -0.1) is 0 Å². The molecule has 6 nitrogen and oxygen atoms in total. The molecule has 0 radical (unpaired) electrons. The number of unbranched alkanes of at least 4 members (excludes halogenated alkanes) is 1. The van der Waals surface area contributed by atoms with E-state index in [1.165, 1.54) is 33.0 Å². The number of methoxy groups -OCH3 is 1. The SMILES string of the molecule is CCCCc1oc2ccc(C(=O)OC)cc2c1C(=O)c1ccc(OCCCN2CCCC2)cc1. The van der Waals surface area contributed by atoms with Crippen molar-refractivity contribution in [1.82, 2.24) is 4.90 Å². The predicted octanol–water partition coefficient (Wildman–Crippen LogP) is 5.66. The standard InChI is InChI=1S/C28H33NO5/c1-3-4-8-25-26(23-19-21(28(31)32-2)11-14-24(23)34-25)27(30)20-9-12-22(13-10-20)33-18-7-17-29-15-5-6-16-29/h9-14,19H,3-8,15-18H2,1-2H3. The summed E-state index contributed by atoms with van der Waals surface area (Å²) in [7, 11) is 1.34. The molecule has 3 aromatic rings. The van der Waals surface area contributed by atoms with Crippen molar-refractivity contribution in [2.45, 2.75) is 45.4 Å². The van der Waals surface area contributed by atoms with E-state index in [1.807, 2.05) is 12.1 Å².